The molecule has 1 aliphatic heterocycles. The van der Waals surface area contributed by atoms with Gasteiger partial charge in [0.1, 0.15) is 5.82 Å². The van der Waals surface area contributed by atoms with Crippen molar-refractivity contribution in [1.29, 1.82) is 0 Å². The van der Waals surface area contributed by atoms with E-state index in [2.05, 4.69) is 15.3 Å². The molecule has 1 saturated heterocycles. The summed E-state index contributed by atoms with van der Waals surface area (Å²) in [6, 6.07) is 14.5. The lowest BCUT2D eigenvalue weighted by atomic mass is 10.1. The predicted molar refractivity (Wildman–Crippen MR) is 111 cm³/mol. The van der Waals surface area contributed by atoms with Crippen LogP contribution in [-0.4, -0.2) is 33.2 Å². The van der Waals surface area contributed by atoms with Crippen molar-refractivity contribution in [2.75, 3.05) is 11.9 Å². The summed E-state index contributed by atoms with van der Waals surface area (Å²) in [5.41, 5.74) is 1.98. The highest BCUT2D eigenvalue weighted by Gasteiger charge is 2.32. The van der Waals surface area contributed by atoms with Crippen molar-refractivity contribution in [3.8, 4) is 0 Å². The van der Waals surface area contributed by atoms with E-state index < -0.39 is 0 Å². The highest BCUT2D eigenvalue weighted by atomic mass is 19.1. The third-order valence-electron chi connectivity index (χ3n) is 5.18. The standard InChI is InChI=1S/C23H21FN4O2/c1-15-19(22(29)27-18-11-9-17(24)10-12-18)14-25-21(26-15)20-8-5-13-28(20)23(30)16-6-3-2-4-7-16/h2-4,6-7,9-12,14,20H,5,8,13H2,1H3,(H,27,29)/t20-/m0/s1. The van der Waals surface area contributed by atoms with Crippen molar-refractivity contribution >= 4 is 17.5 Å². The zero-order valence-corrected chi connectivity index (χ0v) is 16.5. The second-order valence-electron chi connectivity index (χ2n) is 7.21. The first-order chi connectivity index (χ1) is 14.5. The van der Waals surface area contributed by atoms with Gasteiger partial charge in [-0.05, 0) is 56.2 Å². The molecule has 2 heterocycles. The predicted octanol–water partition coefficient (Wildman–Crippen LogP) is 4.15. The number of hydrogen-bond acceptors (Lipinski definition) is 4. The summed E-state index contributed by atoms with van der Waals surface area (Å²) in [5.74, 6) is -0.248. The Hall–Kier alpha value is -3.61. The Kier molecular flexibility index (Phi) is 5.52. The van der Waals surface area contributed by atoms with Crippen LogP contribution < -0.4 is 5.32 Å². The van der Waals surface area contributed by atoms with Crippen LogP contribution >= 0.6 is 0 Å². The van der Waals surface area contributed by atoms with Gasteiger partial charge in [0.2, 0.25) is 0 Å². The lowest BCUT2D eigenvalue weighted by Crippen LogP contribution is -2.31. The summed E-state index contributed by atoms with van der Waals surface area (Å²) in [5, 5.41) is 2.71. The summed E-state index contributed by atoms with van der Waals surface area (Å²) >= 11 is 0. The molecule has 0 aliphatic carbocycles. The van der Waals surface area contributed by atoms with Gasteiger partial charge in [-0.2, -0.15) is 0 Å². The number of nitrogens with one attached hydrogen (secondary N) is 1. The van der Waals surface area contributed by atoms with Crippen molar-refractivity contribution in [2.45, 2.75) is 25.8 Å². The molecule has 0 unspecified atom stereocenters. The second kappa shape index (κ2) is 8.41. The molecule has 1 N–H and O–H groups in total. The van der Waals surface area contributed by atoms with Crippen LogP contribution in [0.1, 0.15) is 51.1 Å². The largest absolute Gasteiger partial charge is 0.328 e. The van der Waals surface area contributed by atoms with Gasteiger partial charge in [0.25, 0.3) is 11.8 Å². The van der Waals surface area contributed by atoms with E-state index in [-0.39, 0.29) is 23.7 Å². The maximum atomic E-state index is 13.0. The third kappa shape index (κ3) is 4.05. The van der Waals surface area contributed by atoms with E-state index >= 15 is 0 Å². The molecule has 0 bridgehead atoms. The van der Waals surface area contributed by atoms with E-state index in [9.17, 15) is 14.0 Å². The number of likely N-dealkylation sites (tertiary alicyclic amines) is 1. The molecule has 152 valence electrons. The normalized spacial score (nSPS) is 15.8. The Labute approximate surface area is 173 Å². The summed E-state index contributed by atoms with van der Waals surface area (Å²) < 4.78 is 13.0. The van der Waals surface area contributed by atoms with Crippen molar-refractivity contribution < 1.29 is 14.0 Å². The molecule has 1 aromatic heterocycles. The highest BCUT2D eigenvalue weighted by molar-refractivity contribution is 6.04. The van der Waals surface area contributed by atoms with E-state index in [0.717, 1.165) is 12.8 Å². The van der Waals surface area contributed by atoms with E-state index in [1.165, 1.54) is 30.5 Å². The number of hydrogen-bond donors (Lipinski definition) is 1. The number of aromatic nitrogens is 2. The molecule has 0 spiro atoms. The minimum absolute atomic E-state index is 0.0440. The number of nitrogens with zero attached hydrogens (tertiary/aromatic N) is 3. The number of anilines is 1. The van der Waals surface area contributed by atoms with Crippen LogP contribution in [0.4, 0.5) is 10.1 Å². The topological polar surface area (TPSA) is 75.2 Å². The third-order valence-corrected chi connectivity index (χ3v) is 5.18. The van der Waals surface area contributed by atoms with Crippen LogP contribution in [0, 0.1) is 12.7 Å². The quantitative estimate of drug-likeness (QED) is 0.709. The average Bonchev–Trinajstić information content (AvgIpc) is 3.25. The number of carbonyl (C=O) groups is 2. The zero-order chi connectivity index (χ0) is 21.1. The van der Waals surface area contributed by atoms with Crippen molar-refractivity contribution in [3.63, 3.8) is 0 Å². The van der Waals surface area contributed by atoms with Gasteiger partial charge < -0.3 is 10.2 Å². The Bertz CT molecular complexity index is 1070. The fourth-order valence-corrected chi connectivity index (χ4v) is 3.62. The van der Waals surface area contributed by atoms with Crippen LogP contribution in [-0.2, 0) is 0 Å². The van der Waals surface area contributed by atoms with Gasteiger partial charge in [0.05, 0.1) is 17.3 Å². The fourth-order valence-electron chi connectivity index (χ4n) is 3.62. The van der Waals surface area contributed by atoms with Gasteiger partial charge in [-0.15, -0.1) is 0 Å². The minimum Gasteiger partial charge on any atom is -0.328 e. The van der Waals surface area contributed by atoms with Gasteiger partial charge in [0.15, 0.2) is 5.82 Å². The molecule has 1 atom stereocenters. The summed E-state index contributed by atoms with van der Waals surface area (Å²) in [4.78, 5) is 36.2. The van der Waals surface area contributed by atoms with E-state index in [1.807, 2.05) is 18.2 Å². The Morgan fingerprint density at radius 3 is 2.53 bits per heavy atom. The first-order valence-electron chi connectivity index (χ1n) is 9.79. The fraction of sp³-hybridized carbons (Fsp3) is 0.217. The van der Waals surface area contributed by atoms with Crippen molar-refractivity contribution in [1.82, 2.24) is 14.9 Å². The smallest absolute Gasteiger partial charge is 0.259 e. The Balaban J connectivity index is 1.52. The van der Waals surface area contributed by atoms with Gasteiger partial charge in [0, 0.05) is 24.0 Å². The number of amides is 2. The van der Waals surface area contributed by atoms with Crippen LogP contribution in [0.5, 0.6) is 0 Å². The molecule has 7 heteroatoms. The molecular weight excluding hydrogens is 383 g/mol. The van der Waals surface area contributed by atoms with Gasteiger partial charge in [-0.1, -0.05) is 18.2 Å². The lowest BCUT2D eigenvalue weighted by Gasteiger charge is -2.24. The zero-order valence-electron chi connectivity index (χ0n) is 16.5. The molecule has 2 aromatic carbocycles. The number of aryl methyl sites for hydroxylation is 1. The molecular formula is C23H21FN4O2. The highest BCUT2D eigenvalue weighted by Crippen LogP contribution is 2.31. The molecule has 0 saturated carbocycles. The maximum absolute atomic E-state index is 13.0. The van der Waals surface area contributed by atoms with E-state index in [1.54, 1.807) is 24.0 Å². The Morgan fingerprint density at radius 2 is 1.83 bits per heavy atom. The number of halogens is 1. The minimum atomic E-state index is -0.372. The summed E-state index contributed by atoms with van der Waals surface area (Å²) in [6.45, 7) is 2.39. The van der Waals surface area contributed by atoms with E-state index in [4.69, 9.17) is 0 Å². The lowest BCUT2D eigenvalue weighted by molar-refractivity contribution is 0.0729. The van der Waals surface area contributed by atoms with Gasteiger partial charge >= 0.3 is 0 Å². The van der Waals surface area contributed by atoms with Crippen molar-refractivity contribution in [3.05, 3.63) is 89.3 Å². The van der Waals surface area contributed by atoms with Crippen molar-refractivity contribution in [2.24, 2.45) is 0 Å². The summed E-state index contributed by atoms with van der Waals surface area (Å²) in [6.07, 6.45) is 3.14. The van der Waals surface area contributed by atoms with Crippen LogP contribution in [0.3, 0.4) is 0 Å². The van der Waals surface area contributed by atoms with Crippen LogP contribution in [0.2, 0.25) is 0 Å². The monoisotopic (exact) mass is 404 g/mol. The molecule has 2 amide bonds. The molecule has 6 nitrogen and oxygen atoms in total. The molecule has 3 aromatic rings. The summed E-state index contributed by atoms with van der Waals surface area (Å²) in [7, 11) is 0. The SMILES string of the molecule is Cc1nc([C@@H]2CCCN2C(=O)c2ccccc2)ncc1C(=O)Nc1ccc(F)cc1. The number of carbonyl (C=O) groups excluding carboxylic acids is 2. The van der Waals surface area contributed by atoms with Crippen LogP contribution in [0.25, 0.3) is 0 Å². The van der Waals surface area contributed by atoms with Gasteiger partial charge in [-0.25, -0.2) is 14.4 Å². The maximum Gasteiger partial charge on any atom is 0.259 e. The number of benzene rings is 2. The number of rotatable bonds is 4. The first-order valence-corrected chi connectivity index (χ1v) is 9.79. The van der Waals surface area contributed by atoms with Gasteiger partial charge in [-0.3, -0.25) is 9.59 Å². The Morgan fingerprint density at radius 1 is 1.10 bits per heavy atom. The average molecular weight is 404 g/mol. The first kappa shape index (κ1) is 19.7. The molecule has 30 heavy (non-hydrogen) atoms. The van der Waals surface area contributed by atoms with E-state index in [0.29, 0.717) is 34.9 Å². The molecule has 1 aliphatic rings. The molecule has 0 radical (unpaired) electrons. The van der Waals surface area contributed by atoms with Crippen LogP contribution in [0.15, 0.2) is 60.8 Å². The molecule has 4 rings (SSSR count). The molecule has 1 fully saturated rings. The second-order valence-corrected chi connectivity index (χ2v) is 7.21.